The molecule has 2 aromatic carbocycles. The number of hydrogen-bond acceptors (Lipinski definition) is 5. The molecule has 0 aliphatic heterocycles. The van der Waals surface area contributed by atoms with E-state index in [1.807, 2.05) is 0 Å². The van der Waals surface area contributed by atoms with Crippen LogP contribution in [0, 0.1) is 6.92 Å². The van der Waals surface area contributed by atoms with Crippen LogP contribution >= 0.6 is 11.6 Å². The molecule has 0 spiro atoms. The van der Waals surface area contributed by atoms with Crippen LogP contribution < -0.4 is 10.9 Å². The number of ether oxygens (including phenoxy) is 1. The number of halogens is 1. The minimum atomic E-state index is -0.792. The molecule has 7 nitrogen and oxygen atoms in total. The second kappa shape index (κ2) is 7.59. The average molecular weight is 386 g/mol. The van der Waals surface area contributed by atoms with Gasteiger partial charge >= 0.3 is 5.97 Å². The number of benzene rings is 2. The van der Waals surface area contributed by atoms with Gasteiger partial charge in [-0.2, -0.15) is 5.10 Å². The molecule has 0 aliphatic rings. The van der Waals surface area contributed by atoms with Gasteiger partial charge in [0.25, 0.3) is 11.5 Å². The summed E-state index contributed by atoms with van der Waals surface area (Å²) in [5.74, 6) is -1.30. The molecular formula is C19H16ClN3O4. The SMILES string of the molecule is Cc1c(Cl)cccc1NC(=O)COC(=O)c1nn(C)c(=O)c2ccccc12. The molecule has 0 saturated heterocycles. The molecule has 0 aliphatic carbocycles. The summed E-state index contributed by atoms with van der Waals surface area (Å²) in [6.45, 7) is 1.27. The van der Waals surface area contributed by atoms with E-state index >= 15 is 0 Å². The maximum Gasteiger partial charge on any atom is 0.359 e. The Balaban J connectivity index is 1.76. The van der Waals surface area contributed by atoms with Gasteiger partial charge in [0.05, 0.1) is 5.39 Å². The summed E-state index contributed by atoms with van der Waals surface area (Å²) in [6.07, 6.45) is 0. The van der Waals surface area contributed by atoms with Crippen LogP contribution in [0.2, 0.25) is 5.02 Å². The first-order valence-electron chi connectivity index (χ1n) is 8.06. The number of rotatable bonds is 4. The van der Waals surface area contributed by atoms with Crippen molar-refractivity contribution in [2.45, 2.75) is 6.92 Å². The third-order valence-electron chi connectivity index (χ3n) is 4.03. The molecule has 3 aromatic rings. The minimum Gasteiger partial charge on any atom is -0.451 e. The third kappa shape index (κ3) is 3.83. The first-order valence-corrected chi connectivity index (χ1v) is 8.44. The smallest absolute Gasteiger partial charge is 0.359 e. The number of nitrogens with zero attached hydrogens (tertiary/aromatic N) is 2. The van der Waals surface area contributed by atoms with Gasteiger partial charge in [-0.3, -0.25) is 9.59 Å². The number of carbonyl (C=O) groups is 2. The summed E-state index contributed by atoms with van der Waals surface area (Å²) in [5.41, 5.74) is 0.898. The average Bonchev–Trinajstić information content (AvgIpc) is 2.66. The summed E-state index contributed by atoms with van der Waals surface area (Å²) < 4.78 is 6.14. The highest BCUT2D eigenvalue weighted by atomic mass is 35.5. The van der Waals surface area contributed by atoms with Gasteiger partial charge in [0.1, 0.15) is 0 Å². The maximum atomic E-state index is 12.4. The molecule has 1 aromatic heterocycles. The summed E-state index contributed by atoms with van der Waals surface area (Å²) in [6, 6.07) is 11.7. The number of hydrogen-bond donors (Lipinski definition) is 1. The van der Waals surface area contributed by atoms with Crippen molar-refractivity contribution in [1.29, 1.82) is 0 Å². The Hall–Kier alpha value is -3.19. The Morgan fingerprint density at radius 3 is 2.59 bits per heavy atom. The van der Waals surface area contributed by atoms with Crippen LogP contribution in [-0.4, -0.2) is 28.3 Å². The van der Waals surface area contributed by atoms with Gasteiger partial charge in [-0.25, -0.2) is 9.48 Å². The van der Waals surface area contributed by atoms with Crippen molar-refractivity contribution >= 4 is 39.9 Å². The highest BCUT2D eigenvalue weighted by Gasteiger charge is 2.18. The lowest BCUT2D eigenvalue weighted by Gasteiger charge is -2.10. The van der Waals surface area contributed by atoms with Crippen molar-refractivity contribution in [3.8, 4) is 0 Å². The normalized spacial score (nSPS) is 10.6. The topological polar surface area (TPSA) is 90.3 Å². The minimum absolute atomic E-state index is 0.0283. The zero-order valence-electron chi connectivity index (χ0n) is 14.7. The summed E-state index contributed by atoms with van der Waals surface area (Å²) >= 11 is 6.02. The van der Waals surface area contributed by atoms with E-state index in [0.717, 1.165) is 4.68 Å². The van der Waals surface area contributed by atoms with Gasteiger partial charge in [-0.05, 0) is 30.7 Å². The molecule has 0 saturated carbocycles. The highest BCUT2D eigenvalue weighted by Crippen LogP contribution is 2.22. The molecule has 27 heavy (non-hydrogen) atoms. The van der Waals surface area contributed by atoms with Crippen LogP contribution in [0.5, 0.6) is 0 Å². The van der Waals surface area contributed by atoms with Crippen molar-refractivity contribution in [3.05, 3.63) is 69.1 Å². The lowest BCUT2D eigenvalue weighted by Crippen LogP contribution is -2.26. The molecule has 1 N–H and O–H groups in total. The van der Waals surface area contributed by atoms with Crippen LogP contribution in [0.1, 0.15) is 16.1 Å². The van der Waals surface area contributed by atoms with Crippen LogP contribution in [0.3, 0.4) is 0 Å². The molecule has 1 amide bonds. The highest BCUT2D eigenvalue weighted by molar-refractivity contribution is 6.31. The monoisotopic (exact) mass is 385 g/mol. The van der Waals surface area contributed by atoms with E-state index in [4.69, 9.17) is 16.3 Å². The van der Waals surface area contributed by atoms with Gasteiger partial charge in [-0.1, -0.05) is 35.9 Å². The predicted molar refractivity (Wildman–Crippen MR) is 102 cm³/mol. The first-order chi connectivity index (χ1) is 12.9. The number of fused-ring (bicyclic) bond motifs is 1. The Kier molecular flexibility index (Phi) is 5.23. The number of nitrogens with one attached hydrogen (secondary N) is 1. The molecule has 0 radical (unpaired) electrons. The standard InChI is InChI=1S/C19H16ClN3O4/c1-11-14(20)8-5-9-15(11)21-16(24)10-27-19(26)17-12-6-3-4-7-13(12)18(25)23(2)22-17/h3-9H,10H2,1-2H3,(H,21,24). The predicted octanol–water partition coefficient (Wildman–Crippen LogP) is 2.69. The van der Waals surface area contributed by atoms with Gasteiger partial charge in [-0.15, -0.1) is 0 Å². The number of anilines is 1. The van der Waals surface area contributed by atoms with Crippen LogP contribution in [-0.2, 0) is 16.6 Å². The van der Waals surface area contributed by atoms with Crippen LogP contribution in [0.15, 0.2) is 47.3 Å². The molecule has 0 fully saturated rings. The van der Waals surface area contributed by atoms with Crippen LogP contribution in [0.25, 0.3) is 10.8 Å². The Morgan fingerprint density at radius 1 is 1.15 bits per heavy atom. The summed E-state index contributed by atoms with van der Waals surface area (Å²) in [5, 5.41) is 7.85. The molecule has 0 bridgehead atoms. The molecule has 1 heterocycles. The van der Waals surface area contributed by atoms with E-state index in [1.54, 1.807) is 49.4 Å². The number of aromatic nitrogens is 2. The Morgan fingerprint density at radius 2 is 1.85 bits per heavy atom. The molecule has 0 unspecified atom stereocenters. The Bertz CT molecular complexity index is 1110. The number of amides is 1. The fraction of sp³-hybridized carbons (Fsp3) is 0.158. The van der Waals surface area contributed by atoms with Gasteiger partial charge in [0.15, 0.2) is 12.3 Å². The molecule has 3 rings (SSSR count). The van der Waals surface area contributed by atoms with Crippen LogP contribution in [0.4, 0.5) is 5.69 Å². The maximum absolute atomic E-state index is 12.4. The second-order valence-corrected chi connectivity index (χ2v) is 6.27. The number of aryl methyl sites for hydroxylation is 1. The van der Waals surface area contributed by atoms with Crippen molar-refractivity contribution in [2.75, 3.05) is 11.9 Å². The number of carbonyl (C=O) groups excluding carboxylic acids is 2. The van der Waals surface area contributed by atoms with E-state index in [2.05, 4.69) is 10.4 Å². The third-order valence-corrected chi connectivity index (χ3v) is 4.44. The van der Waals surface area contributed by atoms with Crippen molar-refractivity contribution in [2.24, 2.45) is 7.05 Å². The lowest BCUT2D eigenvalue weighted by atomic mass is 10.1. The first kappa shape index (κ1) is 18.6. The van der Waals surface area contributed by atoms with E-state index in [1.165, 1.54) is 7.05 Å². The van der Waals surface area contributed by atoms with Crippen molar-refractivity contribution in [3.63, 3.8) is 0 Å². The van der Waals surface area contributed by atoms with Crippen molar-refractivity contribution in [1.82, 2.24) is 9.78 Å². The molecular weight excluding hydrogens is 370 g/mol. The summed E-state index contributed by atoms with van der Waals surface area (Å²) in [4.78, 5) is 36.6. The molecule has 138 valence electrons. The lowest BCUT2D eigenvalue weighted by molar-refractivity contribution is -0.119. The fourth-order valence-electron chi connectivity index (χ4n) is 2.58. The molecule has 0 atom stereocenters. The second-order valence-electron chi connectivity index (χ2n) is 5.86. The van der Waals surface area contributed by atoms with Gasteiger partial charge in [0.2, 0.25) is 0 Å². The quantitative estimate of drug-likeness (QED) is 0.697. The van der Waals surface area contributed by atoms with E-state index < -0.39 is 18.5 Å². The zero-order valence-corrected chi connectivity index (χ0v) is 15.4. The molecule has 8 heteroatoms. The van der Waals surface area contributed by atoms with Gasteiger partial charge in [0, 0.05) is 23.1 Å². The van der Waals surface area contributed by atoms with E-state index in [9.17, 15) is 14.4 Å². The van der Waals surface area contributed by atoms with Gasteiger partial charge < -0.3 is 10.1 Å². The fourth-order valence-corrected chi connectivity index (χ4v) is 2.75. The Labute approximate surface area is 159 Å². The summed E-state index contributed by atoms with van der Waals surface area (Å²) in [7, 11) is 1.44. The van der Waals surface area contributed by atoms with E-state index in [0.29, 0.717) is 27.0 Å². The number of esters is 1. The van der Waals surface area contributed by atoms with Crippen molar-refractivity contribution < 1.29 is 14.3 Å². The van der Waals surface area contributed by atoms with E-state index in [-0.39, 0.29) is 11.3 Å². The largest absolute Gasteiger partial charge is 0.451 e. The zero-order chi connectivity index (χ0) is 19.6.